The minimum absolute atomic E-state index is 0.0220. The number of carbonyl (C=O) groups is 2. The Morgan fingerprint density at radius 2 is 1.78 bits per heavy atom. The van der Waals surface area contributed by atoms with E-state index in [1.165, 1.54) is 0 Å². The van der Waals surface area contributed by atoms with Crippen molar-refractivity contribution in [1.82, 2.24) is 15.1 Å². The summed E-state index contributed by atoms with van der Waals surface area (Å²) in [5.41, 5.74) is 2.58. The van der Waals surface area contributed by atoms with E-state index >= 15 is 0 Å². The van der Waals surface area contributed by atoms with E-state index in [9.17, 15) is 9.59 Å². The third-order valence-corrected chi connectivity index (χ3v) is 8.39. The van der Waals surface area contributed by atoms with Gasteiger partial charge in [0, 0.05) is 50.2 Å². The van der Waals surface area contributed by atoms with Crippen molar-refractivity contribution in [3.63, 3.8) is 0 Å². The number of benzene rings is 2. The number of nitrogens with one attached hydrogen (secondary N) is 1. The first kappa shape index (κ1) is 25.3. The van der Waals surface area contributed by atoms with Crippen LogP contribution in [0.1, 0.15) is 39.2 Å². The Morgan fingerprint density at radius 3 is 2.54 bits per heavy atom. The van der Waals surface area contributed by atoms with Crippen LogP contribution in [-0.2, 0) is 4.79 Å². The van der Waals surface area contributed by atoms with Crippen LogP contribution in [-0.4, -0.2) is 75.0 Å². The predicted molar refractivity (Wildman–Crippen MR) is 148 cm³/mol. The molecule has 3 aromatic rings. The van der Waals surface area contributed by atoms with Gasteiger partial charge in [0.15, 0.2) is 0 Å². The van der Waals surface area contributed by atoms with Gasteiger partial charge in [0.2, 0.25) is 5.91 Å². The molecule has 0 spiro atoms. The molecule has 1 saturated heterocycles. The molecule has 194 valence electrons. The molecule has 1 fully saturated rings. The monoisotopic (exact) mass is 518 g/mol. The van der Waals surface area contributed by atoms with Gasteiger partial charge >= 0.3 is 0 Å². The van der Waals surface area contributed by atoms with Crippen LogP contribution in [0.25, 0.3) is 0 Å². The normalized spacial score (nSPS) is 20.0. The van der Waals surface area contributed by atoms with Crippen molar-refractivity contribution in [2.24, 2.45) is 0 Å². The molecule has 1 aromatic heterocycles. The number of hydrogen-bond acceptors (Lipinski definition) is 6. The maximum Gasteiger partial charge on any atom is 0.254 e. The molecular formula is C29H34N4O3S. The summed E-state index contributed by atoms with van der Waals surface area (Å²) in [6.07, 6.45) is 0.882. The molecule has 2 aromatic carbocycles. The lowest BCUT2D eigenvalue weighted by Crippen LogP contribution is -2.47. The van der Waals surface area contributed by atoms with Crippen LogP contribution in [0.2, 0.25) is 0 Å². The number of thiophene rings is 1. The fourth-order valence-corrected chi connectivity index (χ4v) is 6.40. The zero-order valence-electron chi connectivity index (χ0n) is 21.4. The van der Waals surface area contributed by atoms with Gasteiger partial charge in [0.05, 0.1) is 24.8 Å². The van der Waals surface area contributed by atoms with Crippen LogP contribution in [0.4, 0.5) is 5.69 Å². The molecule has 2 aliphatic rings. The first-order chi connectivity index (χ1) is 18.1. The molecule has 2 atom stereocenters. The summed E-state index contributed by atoms with van der Waals surface area (Å²) < 4.78 is 5.53. The number of fused-ring (bicyclic) bond motifs is 1. The van der Waals surface area contributed by atoms with Gasteiger partial charge in [0.25, 0.3) is 5.91 Å². The molecule has 2 amide bonds. The fourth-order valence-electron chi connectivity index (χ4n) is 5.50. The smallest absolute Gasteiger partial charge is 0.254 e. The standard InChI is InChI=1S/C29H34N4O3S/c1-31-27(25-13-7-20-37-25)26(21-9-3-4-10-22(21)29(31)35)28(34)30-14-8-15-32-16-18-33(19-17-32)23-11-5-6-12-24(23)36-2/h3-7,9-13,20,26-27H,8,14-19H2,1-2H3,(H,30,34). The van der Waals surface area contributed by atoms with Crippen molar-refractivity contribution in [3.8, 4) is 5.75 Å². The first-order valence-corrected chi connectivity index (χ1v) is 13.7. The first-order valence-electron chi connectivity index (χ1n) is 12.9. The highest BCUT2D eigenvalue weighted by atomic mass is 32.1. The number of piperazine rings is 1. The Bertz CT molecular complexity index is 1220. The largest absolute Gasteiger partial charge is 0.495 e. The van der Waals surface area contributed by atoms with Crippen molar-refractivity contribution in [2.45, 2.75) is 18.4 Å². The number of amides is 2. The summed E-state index contributed by atoms with van der Waals surface area (Å²) in [7, 11) is 3.52. The number of likely N-dealkylation sites (N-methyl/N-ethyl adjacent to an activating group) is 1. The number of methoxy groups -OCH3 is 1. The maximum atomic E-state index is 13.6. The van der Waals surface area contributed by atoms with Crippen molar-refractivity contribution in [1.29, 1.82) is 0 Å². The van der Waals surface area contributed by atoms with E-state index in [-0.39, 0.29) is 17.9 Å². The number of ether oxygens (including phenoxy) is 1. The van der Waals surface area contributed by atoms with E-state index in [1.54, 1.807) is 30.4 Å². The minimum atomic E-state index is -0.429. The Kier molecular flexibility index (Phi) is 7.76. The predicted octanol–water partition coefficient (Wildman–Crippen LogP) is 4.00. The minimum Gasteiger partial charge on any atom is -0.495 e. The van der Waals surface area contributed by atoms with Crippen LogP contribution in [0.5, 0.6) is 5.75 Å². The molecule has 0 aliphatic carbocycles. The van der Waals surface area contributed by atoms with Crippen LogP contribution in [0, 0.1) is 0 Å². The topological polar surface area (TPSA) is 65.1 Å². The van der Waals surface area contributed by atoms with Gasteiger partial charge < -0.3 is 19.9 Å². The van der Waals surface area contributed by atoms with Gasteiger partial charge in [-0.2, -0.15) is 0 Å². The summed E-state index contributed by atoms with van der Waals surface area (Å²) >= 11 is 1.59. The molecule has 3 heterocycles. The number of nitrogens with zero attached hydrogens (tertiary/aromatic N) is 3. The Hall–Kier alpha value is -3.36. The lowest BCUT2D eigenvalue weighted by Gasteiger charge is -2.39. The van der Waals surface area contributed by atoms with Gasteiger partial charge in [-0.3, -0.25) is 14.5 Å². The molecule has 8 heteroatoms. The maximum absolute atomic E-state index is 13.6. The highest BCUT2D eigenvalue weighted by molar-refractivity contribution is 7.10. The van der Waals surface area contributed by atoms with Crippen molar-refractivity contribution in [3.05, 3.63) is 82.0 Å². The Labute approximate surface area is 222 Å². The van der Waals surface area contributed by atoms with Gasteiger partial charge in [-0.1, -0.05) is 36.4 Å². The van der Waals surface area contributed by atoms with Crippen LogP contribution in [0.15, 0.2) is 66.0 Å². The van der Waals surface area contributed by atoms with E-state index in [0.29, 0.717) is 12.1 Å². The average molecular weight is 519 g/mol. The zero-order chi connectivity index (χ0) is 25.8. The second-order valence-electron chi connectivity index (χ2n) is 9.59. The highest BCUT2D eigenvalue weighted by Crippen LogP contribution is 2.43. The quantitative estimate of drug-likeness (QED) is 0.457. The van der Waals surface area contributed by atoms with Crippen molar-refractivity contribution >= 4 is 28.8 Å². The summed E-state index contributed by atoms with van der Waals surface area (Å²) in [6.45, 7) is 5.42. The SMILES string of the molecule is COc1ccccc1N1CCN(CCCNC(=O)C2c3ccccc3C(=O)N(C)C2c2cccs2)CC1. The van der Waals surface area contributed by atoms with Gasteiger partial charge in [-0.15, -0.1) is 11.3 Å². The van der Waals surface area contributed by atoms with Gasteiger partial charge in [-0.25, -0.2) is 0 Å². The van der Waals surface area contributed by atoms with Gasteiger partial charge in [0.1, 0.15) is 5.75 Å². The number of carbonyl (C=O) groups excluding carboxylic acids is 2. The molecule has 0 bridgehead atoms. The van der Waals surface area contributed by atoms with E-state index in [0.717, 1.165) is 61.0 Å². The van der Waals surface area contributed by atoms with Crippen molar-refractivity contribution in [2.75, 3.05) is 58.3 Å². The van der Waals surface area contributed by atoms with E-state index < -0.39 is 5.92 Å². The van der Waals surface area contributed by atoms with Crippen LogP contribution >= 0.6 is 11.3 Å². The Morgan fingerprint density at radius 1 is 1.03 bits per heavy atom. The van der Waals surface area contributed by atoms with Crippen LogP contribution < -0.4 is 15.0 Å². The summed E-state index contributed by atoms with van der Waals surface area (Å²) in [5.74, 6) is 0.426. The molecular weight excluding hydrogens is 484 g/mol. The van der Waals surface area contributed by atoms with E-state index in [4.69, 9.17) is 4.74 Å². The number of rotatable bonds is 8. The molecule has 0 saturated carbocycles. The number of hydrogen-bond donors (Lipinski definition) is 1. The number of anilines is 1. The van der Waals surface area contributed by atoms with Crippen LogP contribution in [0.3, 0.4) is 0 Å². The molecule has 5 rings (SSSR count). The second kappa shape index (κ2) is 11.4. The van der Waals surface area contributed by atoms with Crippen molar-refractivity contribution < 1.29 is 14.3 Å². The fraction of sp³-hybridized carbons (Fsp3) is 0.379. The molecule has 0 radical (unpaired) electrons. The van der Waals surface area contributed by atoms with Gasteiger partial charge in [-0.05, 0) is 48.2 Å². The zero-order valence-corrected chi connectivity index (χ0v) is 22.2. The lowest BCUT2D eigenvalue weighted by atomic mass is 9.81. The molecule has 7 nitrogen and oxygen atoms in total. The second-order valence-corrected chi connectivity index (χ2v) is 10.6. The van der Waals surface area contributed by atoms with E-state index in [2.05, 4.69) is 21.2 Å². The molecule has 37 heavy (non-hydrogen) atoms. The van der Waals surface area contributed by atoms with E-state index in [1.807, 2.05) is 60.0 Å². The molecule has 2 aliphatic heterocycles. The number of para-hydroxylation sites is 2. The molecule has 2 unspecified atom stereocenters. The average Bonchev–Trinajstić information content (AvgIpc) is 3.48. The lowest BCUT2D eigenvalue weighted by molar-refractivity contribution is -0.124. The summed E-state index contributed by atoms with van der Waals surface area (Å²) in [6, 6.07) is 19.4. The third kappa shape index (κ3) is 5.22. The summed E-state index contributed by atoms with van der Waals surface area (Å²) in [4.78, 5) is 34.2. The highest BCUT2D eigenvalue weighted by Gasteiger charge is 2.42. The summed E-state index contributed by atoms with van der Waals surface area (Å²) in [5, 5.41) is 5.18. The third-order valence-electron chi connectivity index (χ3n) is 7.45. The molecule has 1 N–H and O–H groups in total. The Balaban J connectivity index is 1.17.